The molecule has 0 aliphatic carbocycles. The Morgan fingerprint density at radius 2 is 2.33 bits per heavy atom. The number of nitrogen functional groups attached to an aromatic ring is 1. The van der Waals surface area contributed by atoms with Gasteiger partial charge in [-0.2, -0.15) is 0 Å². The fraction of sp³-hybridized carbons (Fsp3) is 0.500. The van der Waals surface area contributed by atoms with Gasteiger partial charge in [-0.05, 0) is 26.6 Å². The first-order chi connectivity index (χ1) is 7.08. The fourth-order valence-electron chi connectivity index (χ4n) is 1.26. The number of hydrazine groups is 1. The molecule has 5 heteroatoms. The average Bonchev–Trinajstić information content (AvgIpc) is 2.59. The summed E-state index contributed by atoms with van der Waals surface area (Å²) in [6.07, 6.45) is 0. The molecule has 0 fully saturated rings. The minimum Gasteiger partial charge on any atom is -0.456 e. The van der Waals surface area contributed by atoms with Crippen LogP contribution in [-0.2, 0) is 6.54 Å². The zero-order valence-corrected chi connectivity index (χ0v) is 9.33. The summed E-state index contributed by atoms with van der Waals surface area (Å²) in [6, 6.07) is 1.73. The Kier molecular flexibility index (Phi) is 3.88. The van der Waals surface area contributed by atoms with Gasteiger partial charge in [0.1, 0.15) is 5.76 Å². The van der Waals surface area contributed by atoms with Crippen molar-refractivity contribution in [3.05, 3.63) is 23.2 Å². The van der Waals surface area contributed by atoms with Gasteiger partial charge in [0.2, 0.25) is 0 Å². The molecular weight excluding hydrogens is 194 g/mol. The Bertz CT molecular complexity index is 346. The summed E-state index contributed by atoms with van der Waals surface area (Å²) in [5, 5.41) is 0. The first kappa shape index (κ1) is 11.7. The Hall–Kier alpha value is -1.33. The number of nitrogens with two attached hydrogens (primary N) is 1. The number of hydrogen-bond acceptors (Lipinski definition) is 4. The summed E-state index contributed by atoms with van der Waals surface area (Å²) in [4.78, 5) is 13.3. The van der Waals surface area contributed by atoms with Crippen LogP contribution in [0.15, 0.2) is 10.5 Å². The third-order valence-electron chi connectivity index (χ3n) is 2.36. The van der Waals surface area contributed by atoms with E-state index in [0.717, 1.165) is 24.4 Å². The zero-order valence-electron chi connectivity index (χ0n) is 9.33. The molecular formula is C10H17N3O2. The molecule has 0 atom stereocenters. The minimum absolute atomic E-state index is 0.259. The number of carbonyl (C=O) groups excluding carboxylic acids is 1. The average molecular weight is 211 g/mol. The number of nitrogens with zero attached hydrogens (tertiary/aromatic N) is 1. The minimum atomic E-state index is -0.400. The van der Waals surface area contributed by atoms with E-state index in [2.05, 4.69) is 11.8 Å². The van der Waals surface area contributed by atoms with Crippen LogP contribution in [0.4, 0.5) is 0 Å². The molecule has 0 aromatic carbocycles. The monoisotopic (exact) mass is 211 g/mol. The highest BCUT2D eigenvalue weighted by Crippen LogP contribution is 2.15. The summed E-state index contributed by atoms with van der Waals surface area (Å²) in [7, 11) is 2.01. The lowest BCUT2D eigenvalue weighted by molar-refractivity contribution is 0.0924. The highest BCUT2D eigenvalue weighted by molar-refractivity contribution is 5.91. The Morgan fingerprint density at radius 3 is 2.87 bits per heavy atom. The van der Waals surface area contributed by atoms with E-state index >= 15 is 0 Å². The summed E-state index contributed by atoms with van der Waals surface area (Å²) in [6.45, 7) is 5.63. The molecule has 0 saturated heterocycles. The van der Waals surface area contributed by atoms with E-state index in [1.165, 1.54) is 0 Å². The smallest absolute Gasteiger partial charge is 0.300 e. The van der Waals surface area contributed by atoms with Crippen LogP contribution in [0.3, 0.4) is 0 Å². The summed E-state index contributed by atoms with van der Waals surface area (Å²) in [5.74, 6) is 5.64. The predicted octanol–water partition coefficient (Wildman–Crippen LogP) is 0.643. The molecule has 0 bridgehead atoms. The highest BCUT2D eigenvalue weighted by atomic mass is 16.4. The Labute approximate surface area is 89.2 Å². The number of furan rings is 1. The van der Waals surface area contributed by atoms with Crippen molar-refractivity contribution >= 4 is 5.91 Å². The Balaban J connectivity index is 2.82. The molecule has 0 unspecified atom stereocenters. The van der Waals surface area contributed by atoms with E-state index in [9.17, 15) is 4.79 Å². The number of aryl methyl sites for hydroxylation is 1. The lowest BCUT2D eigenvalue weighted by Gasteiger charge is -2.12. The van der Waals surface area contributed by atoms with E-state index in [4.69, 9.17) is 10.3 Å². The first-order valence-corrected chi connectivity index (χ1v) is 4.87. The van der Waals surface area contributed by atoms with Crippen molar-refractivity contribution < 1.29 is 9.21 Å². The van der Waals surface area contributed by atoms with Crippen LogP contribution in [0.1, 0.15) is 28.8 Å². The molecule has 0 aliphatic rings. The zero-order chi connectivity index (χ0) is 11.4. The van der Waals surface area contributed by atoms with Crippen molar-refractivity contribution in [2.45, 2.75) is 20.4 Å². The van der Waals surface area contributed by atoms with Gasteiger partial charge in [-0.3, -0.25) is 10.2 Å². The third-order valence-corrected chi connectivity index (χ3v) is 2.36. The largest absolute Gasteiger partial charge is 0.456 e. The number of carbonyl (C=O) groups is 1. The van der Waals surface area contributed by atoms with Gasteiger partial charge in [0.15, 0.2) is 5.76 Å². The van der Waals surface area contributed by atoms with Crippen LogP contribution in [0.25, 0.3) is 0 Å². The van der Waals surface area contributed by atoms with Crippen molar-refractivity contribution in [3.8, 4) is 0 Å². The van der Waals surface area contributed by atoms with E-state index in [0.29, 0.717) is 0 Å². The Morgan fingerprint density at radius 1 is 1.67 bits per heavy atom. The normalized spacial score (nSPS) is 10.7. The molecule has 3 N–H and O–H groups in total. The number of nitrogens with one attached hydrogen (secondary N) is 1. The maximum atomic E-state index is 11.2. The van der Waals surface area contributed by atoms with Crippen LogP contribution < -0.4 is 11.3 Å². The molecule has 1 aromatic heterocycles. The lowest BCUT2D eigenvalue weighted by Crippen LogP contribution is -2.29. The van der Waals surface area contributed by atoms with E-state index in [1.54, 1.807) is 6.07 Å². The molecule has 0 radical (unpaired) electrons. The van der Waals surface area contributed by atoms with Crippen molar-refractivity contribution in [1.29, 1.82) is 0 Å². The third kappa shape index (κ3) is 2.81. The van der Waals surface area contributed by atoms with Gasteiger partial charge >= 0.3 is 5.91 Å². The molecule has 0 saturated carbocycles. The van der Waals surface area contributed by atoms with Crippen LogP contribution >= 0.6 is 0 Å². The second kappa shape index (κ2) is 4.95. The van der Waals surface area contributed by atoms with Gasteiger partial charge in [-0.25, -0.2) is 5.84 Å². The molecule has 1 aromatic rings. The molecule has 1 heterocycles. The SMILES string of the molecule is CCN(C)Cc1cc(C(=O)NN)oc1C. The van der Waals surface area contributed by atoms with E-state index in [1.807, 2.05) is 19.4 Å². The van der Waals surface area contributed by atoms with E-state index < -0.39 is 5.91 Å². The second-order valence-corrected chi connectivity index (χ2v) is 3.50. The van der Waals surface area contributed by atoms with Crippen molar-refractivity contribution in [3.63, 3.8) is 0 Å². The standard InChI is InChI=1S/C10H17N3O2/c1-4-13(3)6-8-5-9(10(14)12-11)15-7(8)2/h5H,4,6,11H2,1-3H3,(H,12,14). The topological polar surface area (TPSA) is 71.5 Å². The molecule has 0 aliphatic heterocycles. The maximum Gasteiger partial charge on any atom is 0.300 e. The summed E-state index contributed by atoms with van der Waals surface area (Å²) >= 11 is 0. The van der Waals surface area contributed by atoms with Crippen LogP contribution in [0.2, 0.25) is 0 Å². The van der Waals surface area contributed by atoms with Crippen molar-refractivity contribution in [2.75, 3.05) is 13.6 Å². The van der Waals surface area contributed by atoms with Gasteiger partial charge in [0.05, 0.1) is 0 Å². The van der Waals surface area contributed by atoms with Crippen molar-refractivity contribution in [1.82, 2.24) is 10.3 Å². The molecule has 1 rings (SSSR count). The molecule has 15 heavy (non-hydrogen) atoms. The number of amides is 1. The summed E-state index contributed by atoms with van der Waals surface area (Å²) in [5.41, 5.74) is 3.05. The van der Waals surface area contributed by atoms with Crippen molar-refractivity contribution in [2.24, 2.45) is 5.84 Å². The predicted molar refractivity (Wildman–Crippen MR) is 57.1 cm³/mol. The van der Waals surface area contributed by atoms with E-state index in [-0.39, 0.29) is 5.76 Å². The first-order valence-electron chi connectivity index (χ1n) is 4.87. The number of hydrogen-bond donors (Lipinski definition) is 2. The molecule has 5 nitrogen and oxygen atoms in total. The second-order valence-electron chi connectivity index (χ2n) is 3.50. The highest BCUT2D eigenvalue weighted by Gasteiger charge is 2.13. The molecule has 1 amide bonds. The lowest BCUT2D eigenvalue weighted by atomic mass is 10.2. The van der Waals surface area contributed by atoms with Gasteiger partial charge in [-0.15, -0.1) is 0 Å². The fourth-order valence-corrected chi connectivity index (χ4v) is 1.26. The van der Waals surface area contributed by atoms with Crippen LogP contribution in [0.5, 0.6) is 0 Å². The van der Waals surface area contributed by atoms with Gasteiger partial charge < -0.3 is 9.32 Å². The molecule has 84 valence electrons. The van der Waals surface area contributed by atoms with Gasteiger partial charge in [0, 0.05) is 12.1 Å². The van der Waals surface area contributed by atoms with Gasteiger partial charge in [-0.1, -0.05) is 6.92 Å². The van der Waals surface area contributed by atoms with Gasteiger partial charge in [0.25, 0.3) is 0 Å². The maximum absolute atomic E-state index is 11.2. The van der Waals surface area contributed by atoms with Crippen LogP contribution in [0, 0.1) is 6.92 Å². The van der Waals surface area contributed by atoms with Crippen LogP contribution in [-0.4, -0.2) is 24.4 Å². The number of rotatable bonds is 4. The molecule has 0 spiro atoms. The quantitative estimate of drug-likeness (QED) is 0.435. The summed E-state index contributed by atoms with van der Waals surface area (Å²) < 4.78 is 5.29.